The molecule has 1 aromatic carbocycles. The van der Waals surface area contributed by atoms with Crippen LogP contribution in [0.5, 0.6) is 5.75 Å². The van der Waals surface area contributed by atoms with Crippen molar-refractivity contribution in [3.8, 4) is 5.75 Å². The van der Waals surface area contributed by atoms with Gasteiger partial charge >= 0.3 is 6.03 Å². The summed E-state index contributed by atoms with van der Waals surface area (Å²) >= 11 is 1.58. The highest BCUT2D eigenvalue weighted by Gasteiger charge is 2.11. The van der Waals surface area contributed by atoms with Crippen LogP contribution >= 0.6 is 11.3 Å². The first-order chi connectivity index (χ1) is 9.13. The highest BCUT2D eigenvalue weighted by Crippen LogP contribution is 2.32. The number of hydrogen-bond donors (Lipinski definition) is 2. The minimum atomic E-state index is -0.293. The van der Waals surface area contributed by atoms with E-state index in [9.17, 15) is 4.79 Å². The van der Waals surface area contributed by atoms with Crippen LogP contribution in [0.4, 0.5) is 10.5 Å². The number of carbonyl (C=O) groups excluding carboxylic acids is 1. The molecular weight excluding hydrogens is 262 g/mol. The summed E-state index contributed by atoms with van der Waals surface area (Å²) in [7, 11) is 1.56. The number of amides is 2. The number of fused-ring (bicyclic) bond motifs is 1. The minimum absolute atomic E-state index is 0.293. The van der Waals surface area contributed by atoms with Crippen LogP contribution in [0.2, 0.25) is 0 Å². The van der Waals surface area contributed by atoms with Gasteiger partial charge in [0.05, 0.1) is 28.0 Å². The molecule has 0 bridgehead atoms. The van der Waals surface area contributed by atoms with E-state index in [0.29, 0.717) is 18.0 Å². The van der Waals surface area contributed by atoms with Crippen LogP contribution in [0.3, 0.4) is 0 Å². The third-order valence-electron chi connectivity index (χ3n) is 2.47. The maximum atomic E-state index is 11.6. The SMILES string of the molecule is C=CCNC(=O)Nc1cc2sc(C)nc2cc1OC. The first-order valence-electron chi connectivity index (χ1n) is 5.75. The summed E-state index contributed by atoms with van der Waals surface area (Å²) in [5.74, 6) is 0.589. The molecule has 6 heteroatoms. The zero-order chi connectivity index (χ0) is 13.8. The standard InChI is InChI=1S/C13H15N3O2S/c1-4-5-14-13(17)16-9-7-12-10(6-11(9)18-3)15-8(2)19-12/h4,6-7H,1,5H2,2-3H3,(H2,14,16,17). The Morgan fingerprint density at radius 3 is 3.05 bits per heavy atom. The van der Waals surface area contributed by atoms with Gasteiger partial charge in [-0.2, -0.15) is 0 Å². The lowest BCUT2D eigenvalue weighted by Crippen LogP contribution is -2.28. The zero-order valence-corrected chi connectivity index (χ0v) is 11.6. The average molecular weight is 277 g/mol. The normalized spacial score (nSPS) is 10.2. The zero-order valence-electron chi connectivity index (χ0n) is 10.8. The van der Waals surface area contributed by atoms with Gasteiger partial charge in [0.2, 0.25) is 0 Å². The fourth-order valence-corrected chi connectivity index (χ4v) is 2.52. The number of thiazole rings is 1. The van der Waals surface area contributed by atoms with Crippen LogP contribution in [0.15, 0.2) is 24.8 Å². The fraction of sp³-hybridized carbons (Fsp3) is 0.231. The third-order valence-corrected chi connectivity index (χ3v) is 3.41. The van der Waals surface area contributed by atoms with Crippen LogP contribution in [0.1, 0.15) is 5.01 Å². The van der Waals surface area contributed by atoms with Gasteiger partial charge in [-0.3, -0.25) is 0 Å². The lowest BCUT2D eigenvalue weighted by atomic mass is 10.2. The first kappa shape index (κ1) is 13.4. The number of urea groups is 1. The molecule has 19 heavy (non-hydrogen) atoms. The summed E-state index contributed by atoms with van der Waals surface area (Å²) in [6.07, 6.45) is 1.62. The molecular formula is C13H15N3O2S. The molecule has 0 unspecified atom stereocenters. The number of aryl methyl sites for hydroxylation is 1. The smallest absolute Gasteiger partial charge is 0.319 e. The number of anilines is 1. The number of nitrogens with one attached hydrogen (secondary N) is 2. The van der Waals surface area contributed by atoms with E-state index >= 15 is 0 Å². The minimum Gasteiger partial charge on any atom is -0.494 e. The Labute approximate surface area is 115 Å². The Morgan fingerprint density at radius 2 is 2.37 bits per heavy atom. The molecule has 0 aliphatic heterocycles. The number of rotatable bonds is 4. The lowest BCUT2D eigenvalue weighted by Gasteiger charge is -2.10. The van der Waals surface area contributed by atoms with E-state index in [4.69, 9.17) is 4.74 Å². The quantitative estimate of drug-likeness (QED) is 0.845. The van der Waals surface area contributed by atoms with Gasteiger partial charge < -0.3 is 15.4 Å². The van der Waals surface area contributed by atoms with Gasteiger partial charge in [0.25, 0.3) is 0 Å². The van der Waals surface area contributed by atoms with Crippen molar-refractivity contribution >= 4 is 33.3 Å². The van der Waals surface area contributed by atoms with Gasteiger partial charge in [0.15, 0.2) is 0 Å². The number of aromatic nitrogens is 1. The molecule has 0 radical (unpaired) electrons. The van der Waals surface area contributed by atoms with Crippen molar-refractivity contribution in [1.82, 2.24) is 10.3 Å². The average Bonchev–Trinajstić information content (AvgIpc) is 2.74. The van der Waals surface area contributed by atoms with Gasteiger partial charge in [-0.1, -0.05) is 6.08 Å². The Hall–Kier alpha value is -2.08. The van der Waals surface area contributed by atoms with Crippen LogP contribution in [0.25, 0.3) is 10.2 Å². The second-order valence-electron chi connectivity index (χ2n) is 3.88. The van der Waals surface area contributed by atoms with Gasteiger partial charge in [0, 0.05) is 12.6 Å². The van der Waals surface area contributed by atoms with Crippen LogP contribution in [-0.2, 0) is 0 Å². The second-order valence-corrected chi connectivity index (χ2v) is 5.11. The van der Waals surface area contributed by atoms with Crippen molar-refractivity contribution in [2.45, 2.75) is 6.92 Å². The molecule has 2 rings (SSSR count). The summed E-state index contributed by atoms with van der Waals surface area (Å²) in [4.78, 5) is 16.0. The predicted molar refractivity (Wildman–Crippen MR) is 78.1 cm³/mol. The highest BCUT2D eigenvalue weighted by atomic mass is 32.1. The second kappa shape index (κ2) is 5.71. The first-order valence-corrected chi connectivity index (χ1v) is 6.56. The van der Waals surface area contributed by atoms with E-state index in [-0.39, 0.29) is 6.03 Å². The summed E-state index contributed by atoms with van der Waals surface area (Å²) in [6, 6.07) is 3.40. The molecule has 0 spiro atoms. The van der Waals surface area contributed by atoms with Crippen molar-refractivity contribution in [2.75, 3.05) is 19.0 Å². The highest BCUT2D eigenvalue weighted by molar-refractivity contribution is 7.18. The van der Waals surface area contributed by atoms with Gasteiger partial charge in [-0.15, -0.1) is 17.9 Å². The van der Waals surface area contributed by atoms with Crippen molar-refractivity contribution in [1.29, 1.82) is 0 Å². The molecule has 2 amide bonds. The monoisotopic (exact) mass is 277 g/mol. The summed E-state index contributed by atoms with van der Waals surface area (Å²) < 4.78 is 6.28. The number of methoxy groups -OCH3 is 1. The molecule has 0 saturated carbocycles. The Kier molecular flexibility index (Phi) is 4.01. The third kappa shape index (κ3) is 3.03. The van der Waals surface area contributed by atoms with Crippen LogP contribution < -0.4 is 15.4 Å². The Bertz CT molecular complexity index is 622. The van der Waals surface area contributed by atoms with E-state index in [1.165, 1.54) is 0 Å². The number of benzene rings is 1. The van der Waals surface area contributed by atoms with E-state index in [0.717, 1.165) is 15.2 Å². The molecule has 5 nitrogen and oxygen atoms in total. The number of ether oxygens (including phenoxy) is 1. The number of nitrogens with zero attached hydrogens (tertiary/aromatic N) is 1. The van der Waals surface area contributed by atoms with Crippen molar-refractivity contribution < 1.29 is 9.53 Å². The molecule has 2 aromatic rings. The van der Waals surface area contributed by atoms with E-state index in [2.05, 4.69) is 22.2 Å². The maximum Gasteiger partial charge on any atom is 0.319 e. The van der Waals surface area contributed by atoms with E-state index in [1.54, 1.807) is 24.5 Å². The van der Waals surface area contributed by atoms with Gasteiger partial charge in [-0.25, -0.2) is 9.78 Å². The van der Waals surface area contributed by atoms with Gasteiger partial charge in [0.1, 0.15) is 5.75 Å². The molecule has 100 valence electrons. The molecule has 0 atom stereocenters. The van der Waals surface area contributed by atoms with Crippen LogP contribution in [0, 0.1) is 6.92 Å². The topological polar surface area (TPSA) is 63.2 Å². The van der Waals surface area contributed by atoms with E-state index in [1.807, 2.05) is 19.1 Å². The molecule has 0 aliphatic rings. The molecule has 1 aromatic heterocycles. The van der Waals surface area contributed by atoms with Crippen LogP contribution in [-0.4, -0.2) is 24.7 Å². The summed E-state index contributed by atoms with van der Waals surface area (Å²) in [5.41, 5.74) is 1.50. The molecule has 0 aliphatic carbocycles. The molecule has 1 heterocycles. The molecule has 2 N–H and O–H groups in total. The Balaban J connectivity index is 2.29. The van der Waals surface area contributed by atoms with Gasteiger partial charge in [-0.05, 0) is 13.0 Å². The number of carbonyl (C=O) groups is 1. The lowest BCUT2D eigenvalue weighted by molar-refractivity contribution is 0.253. The summed E-state index contributed by atoms with van der Waals surface area (Å²) in [5, 5.41) is 6.38. The maximum absolute atomic E-state index is 11.6. The van der Waals surface area contributed by atoms with E-state index < -0.39 is 0 Å². The molecule has 0 saturated heterocycles. The predicted octanol–water partition coefficient (Wildman–Crippen LogP) is 2.92. The van der Waals surface area contributed by atoms with Crippen molar-refractivity contribution in [3.63, 3.8) is 0 Å². The van der Waals surface area contributed by atoms with Crippen molar-refractivity contribution in [2.24, 2.45) is 0 Å². The largest absolute Gasteiger partial charge is 0.494 e. The Morgan fingerprint density at radius 1 is 1.58 bits per heavy atom. The summed E-state index contributed by atoms with van der Waals surface area (Å²) in [6.45, 7) is 5.90. The molecule has 0 fully saturated rings. The fourth-order valence-electron chi connectivity index (χ4n) is 1.67. The number of hydrogen-bond acceptors (Lipinski definition) is 4. The van der Waals surface area contributed by atoms with Crippen molar-refractivity contribution in [3.05, 3.63) is 29.8 Å².